The quantitative estimate of drug-likeness (QED) is 0.314. The van der Waals surface area contributed by atoms with Gasteiger partial charge in [-0.1, -0.05) is 12.1 Å². The minimum absolute atomic E-state index is 0.107. The third kappa shape index (κ3) is 8.18. The van der Waals surface area contributed by atoms with Crippen LogP contribution >= 0.6 is 11.8 Å². The Kier molecular flexibility index (Phi) is 9.04. The van der Waals surface area contributed by atoms with Gasteiger partial charge in [0.15, 0.2) is 6.61 Å². The number of methoxy groups -OCH3 is 1. The van der Waals surface area contributed by atoms with Crippen LogP contribution in [0.1, 0.15) is 10.4 Å². The van der Waals surface area contributed by atoms with Gasteiger partial charge in [-0.25, -0.2) is 9.59 Å². The van der Waals surface area contributed by atoms with Crippen LogP contribution in [0.4, 0.5) is 4.79 Å². The van der Waals surface area contributed by atoms with E-state index in [1.165, 1.54) is 13.2 Å². The third-order valence-corrected chi connectivity index (χ3v) is 3.76. The van der Waals surface area contributed by atoms with Crippen molar-refractivity contribution in [1.82, 2.24) is 10.6 Å². The van der Waals surface area contributed by atoms with E-state index in [2.05, 4.69) is 5.32 Å². The zero-order chi connectivity index (χ0) is 18.7. The first kappa shape index (κ1) is 20.5. The van der Waals surface area contributed by atoms with Gasteiger partial charge in [0.2, 0.25) is 5.91 Å². The fourth-order valence-electron chi connectivity index (χ4n) is 1.63. The van der Waals surface area contributed by atoms with E-state index in [9.17, 15) is 19.2 Å². The number of hydrogen-bond donors (Lipinski definition) is 3. The number of urea groups is 1. The summed E-state index contributed by atoms with van der Waals surface area (Å²) >= 11 is 1.16. The predicted octanol–water partition coefficient (Wildman–Crippen LogP) is -0.107. The van der Waals surface area contributed by atoms with Crippen LogP contribution in [-0.2, 0) is 19.1 Å². The molecular formula is C15H19N3O6S. The molecule has 1 aromatic carbocycles. The minimum atomic E-state index is -1.03. The Labute approximate surface area is 148 Å². The van der Waals surface area contributed by atoms with Gasteiger partial charge in [-0.05, 0) is 12.1 Å². The van der Waals surface area contributed by atoms with Crippen molar-refractivity contribution in [3.05, 3.63) is 29.8 Å². The van der Waals surface area contributed by atoms with Gasteiger partial charge in [0.05, 0.1) is 17.9 Å². The van der Waals surface area contributed by atoms with Gasteiger partial charge in [0, 0.05) is 18.6 Å². The van der Waals surface area contributed by atoms with Crippen molar-refractivity contribution in [2.75, 3.05) is 32.6 Å². The second kappa shape index (κ2) is 11.0. The number of primary amides is 1. The molecule has 0 aliphatic carbocycles. The summed E-state index contributed by atoms with van der Waals surface area (Å²) in [7, 11) is 1.53. The molecule has 0 aliphatic rings. The van der Waals surface area contributed by atoms with Crippen LogP contribution in [0, 0.1) is 0 Å². The highest BCUT2D eigenvalue weighted by Crippen LogP contribution is 2.23. The van der Waals surface area contributed by atoms with E-state index in [-0.39, 0.29) is 17.2 Å². The van der Waals surface area contributed by atoms with Crippen molar-refractivity contribution in [3.8, 4) is 0 Å². The molecule has 0 saturated carbocycles. The van der Waals surface area contributed by atoms with Gasteiger partial charge in [-0.3, -0.25) is 14.9 Å². The average Bonchev–Trinajstić information content (AvgIpc) is 2.58. The number of ether oxygens (including phenoxy) is 2. The minimum Gasteiger partial charge on any atom is -0.452 e. The van der Waals surface area contributed by atoms with Gasteiger partial charge < -0.3 is 20.5 Å². The number of hydrogen-bond acceptors (Lipinski definition) is 7. The van der Waals surface area contributed by atoms with Gasteiger partial charge >= 0.3 is 12.0 Å². The maximum atomic E-state index is 12.1. The smallest absolute Gasteiger partial charge is 0.339 e. The van der Waals surface area contributed by atoms with Crippen molar-refractivity contribution >= 4 is 35.6 Å². The number of carbonyl (C=O) groups is 4. The van der Waals surface area contributed by atoms with E-state index in [4.69, 9.17) is 15.2 Å². The molecule has 0 saturated heterocycles. The lowest BCUT2D eigenvalue weighted by atomic mass is 10.2. The van der Waals surface area contributed by atoms with Crippen molar-refractivity contribution in [1.29, 1.82) is 0 Å². The summed E-state index contributed by atoms with van der Waals surface area (Å²) in [4.78, 5) is 46.1. The normalized spacial score (nSPS) is 9.96. The summed E-state index contributed by atoms with van der Waals surface area (Å²) in [6.07, 6.45) is 0. The first-order valence-corrected chi connectivity index (χ1v) is 8.16. The van der Waals surface area contributed by atoms with E-state index in [1.54, 1.807) is 23.5 Å². The van der Waals surface area contributed by atoms with Crippen molar-refractivity contribution < 1.29 is 28.7 Å². The number of carbonyl (C=O) groups excluding carboxylic acids is 4. The van der Waals surface area contributed by atoms with Crippen LogP contribution in [0.15, 0.2) is 29.2 Å². The summed E-state index contributed by atoms with van der Waals surface area (Å²) < 4.78 is 9.66. The SMILES string of the molecule is COCCNC(=O)CSc1ccccc1C(=O)OCC(=O)NC(N)=O. The molecule has 4 N–H and O–H groups in total. The predicted molar refractivity (Wildman–Crippen MR) is 90.1 cm³/mol. The summed E-state index contributed by atoms with van der Waals surface area (Å²) in [6, 6.07) is 5.48. The Balaban J connectivity index is 2.57. The molecule has 9 nitrogen and oxygen atoms in total. The standard InChI is InChI=1S/C15H19N3O6S/c1-23-7-6-17-13(20)9-25-11-5-3-2-4-10(11)14(21)24-8-12(19)18-15(16)22/h2-5H,6-9H2,1H3,(H,17,20)(H3,16,18,19,22). The van der Waals surface area contributed by atoms with E-state index in [0.29, 0.717) is 18.0 Å². The molecule has 25 heavy (non-hydrogen) atoms. The van der Waals surface area contributed by atoms with Gasteiger partial charge in [0.1, 0.15) is 0 Å². The number of rotatable bonds is 9. The number of amides is 4. The molecule has 0 aromatic heterocycles. The van der Waals surface area contributed by atoms with Crippen LogP contribution in [0.2, 0.25) is 0 Å². The van der Waals surface area contributed by atoms with E-state index < -0.39 is 24.5 Å². The lowest BCUT2D eigenvalue weighted by molar-refractivity contribution is -0.123. The third-order valence-electron chi connectivity index (χ3n) is 2.69. The fraction of sp³-hybridized carbons (Fsp3) is 0.333. The highest BCUT2D eigenvalue weighted by molar-refractivity contribution is 8.00. The number of esters is 1. The first-order valence-electron chi connectivity index (χ1n) is 7.18. The molecule has 0 unspecified atom stereocenters. The van der Waals surface area contributed by atoms with Crippen LogP contribution in [-0.4, -0.2) is 56.4 Å². The van der Waals surface area contributed by atoms with Gasteiger partial charge in [0.25, 0.3) is 5.91 Å². The molecule has 0 radical (unpaired) electrons. The summed E-state index contributed by atoms with van der Waals surface area (Å²) in [5, 5.41) is 4.45. The Morgan fingerprint density at radius 1 is 1.16 bits per heavy atom. The lowest BCUT2D eigenvalue weighted by Crippen LogP contribution is -2.37. The molecule has 0 fully saturated rings. The Bertz CT molecular complexity index is 637. The van der Waals surface area contributed by atoms with Crippen LogP contribution in [0.3, 0.4) is 0 Å². The van der Waals surface area contributed by atoms with Crippen molar-refractivity contribution in [2.24, 2.45) is 5.73 Å². The molecule has 136 valence electrons. The van der Waals surface area contributed by atoms with Crippen LogP contribution in [0.25, 0.3) is 0 Å². The van der Waals surface area contributed by atoms with Crippen LogP contribution in [0.5, 0.6) is 0 Å². The maximum absolute atomic E-state index is 12.1. The molecule has 4 amide bonds. The number of thioether (sulfide) groups is 1. The molecule has 10 heteroatoms. The maximum Gasteiger partial charge on any atom is 0.339 e. The second-order valence-electron chi connectivity index (χ2n) is 4.62. The number of nitrogens with two attached hydrogens (primary N) is 1. The van der Waals surface area contributed by atoms with Gasteiger partial charge in [-0.15, -0.1) is 11.8 Å². The molecule has 0 heterocycles. The largest absolute Gasteiger partial charge is 0.452 e. The molecule has 0 aliphatic heterocycles. The molecule has 0 spiro atoms. The zero-order valence-corrected chi connectivity index (χ0v) is 14.4. The number of nitrogens with one attached hydrogen (secondary N) is 2. The van der Waals surface area contributed by atoms with Crippen LogP contribution < -0.4 is 16.4 Å². The molecule has 1 aromatic rings. The number of imide groups is 1. The van der Waals surface area contributed by atoms with E-state index in [0.717, 1.165) is 11.8 Å². The Morgan fingerprint density at radius 2 is 1.88 bits per heavy atom. The topological polar surface area (TPSA) is 137 Å². The molecule has 1 rings (SSSR count). The first-order chi connectivity index (χ1) is 11.9. The highest BCUT2D eigenvalue weighted by Gasteiger charge is 2.16. The van der Waals surface area contributed by atoms with E-state index >= 15 is 0 Å². The second-order valence-corrected chi connectivity index (χ2v) is 5.63. The molecular weight excluding hydrogens is 350 g/mol. The fourth-order valence-corrected chi connectivity index (χ4v) is 2.50. The summed E-state index contributed by atoms with van der Waals surface area (Å²) in [5.74, 6) is -1.67. The monoisotopic (exact) mass is 369 g/mol. The summed E-state index contributed by atoms with van der Waals surface area (Å²) in [5.41, 5.74) is 5.00. The zero-order valence-electron chi connectivity index (χ0n) is 13.6. The van der Waals surface area contributed by atoms with Crippen molar-refractivity contribution in [3.63, 3.8) is 0 Å². The molecule has 0 atom stereocenters. The number of benzene rings is 1. The molecule has 0 bridgehead atoms. The van der Waals surface area contributed by atoms with E-state index in [1.807, 2.05) is 0 Å². The average molecular weight is 369 g/mol. The highest BCUT2D eigenvalue weighted by atomic mass is 32.2. The Hall–Kier alpha value is -2.59. The Morgan fingerprint density at radius 3 is 2.56 bits per heavy atom. The van der Waals surface area contributed by atoms with Crippen molar-refractivity contribution in [2.45, 2.75) is 4.90 Å². The summed E-state index contributed by atoms with van der Waals surface area (Å²) in [6.45, 7) is 0.166. The van der Waals surface area contributed by atoms with Gasteiger partial charge in [-0.2, -0.15) is 0 Å². The lowest BCUT2D eigenvalue weighted by Gasteiger charge is -2.09.